The van der Waals surface area contributed by atoms with E-state index in [9.17, 15) is 0 Å². The van der Waals surface area contributed by atoms with E-state index in [0.29, 0.717) is 0 Å². The van der Waals surface area contributed by atoms with Gasteiger partial charge in [0.05, 0.1) is 0 Å². The van der Waals surface area contributed by atoms with Crippen molar-refractivity contribution in [3.05, 3.63) is 0 Å². The molecule has 7 heteroatoms. The van der Waals surface area contributed by atoms with Gasteiger partial charge in [0.25, 0.3) is 0 Å². The summed E-state index contributed by atoms with van der Waals surface area (Å²) in [5.41, 5.74) is 0. The standard InChI is InChI=1S/C12H34O3Si4/c1-11-17(6,7)14-18(8,9)15-19(10,12-2)13-16(3,4)5/h11-12H2,1-10H3. The lowest BCUT2D eigenvalue weighted by atomic mass is 11.0. The highest BCUT2D eigenvalue weighted by Gasteiger charge is 2.43. The van der Waals surface area contributed by atoms with Crippen molar-refractivity contribution in [2.24, 2.45) is 0 Å². The molecule has 0 aliphatic carbocycles. The molecule has 0 fully saturated rings. The highest BCUT2D eigenvalue weighted by Crippen LogP contribution is 2.27. The molecular formula is C12H34O3Si4. The Morgan fingerprint density at radius 1 is 0.632 bits per heavy atom. The van der Waals surface area contributed by atoms with E-state index in [1.54, 1.807) is 0 Å². The van der Waals surface area contributed by atoms with Gasteiger partial charge in [0.15, 0.2) is 16.6 Å². The summed E-state index contributed by atoms with van der Waals surface area (Å²) in [5, 5.41) is 0. The van der Waals surface area contributed by atoms with Crippen molar-refractivity contribution >= 4 is 33.8 Å². The van der Waals surface area contributed by atoms with Gasteiger partial charge in [-0.15, -0.1) is 0 Å². The van der Waals surface area contributed by atoms with Gasteiger partial charge in [0.1, 0.15) is 0 Å². The normalized spacial score (nSPS) is 17.4. The fourth-order valence-electron chi connectivity index (χ4n) is 2.09. The SMILES string of the molecule is CC[Si](C)(C)O[Si](C)(C)O[Si](C)(CC)O[Si](C)(C)C. The first kappa shape index (κ1) is 19.7. The first-order valence-electron chi connectivity index (χ1n) is 7.35. The molecule has 0 radical (unpaired) electrons. The second-order valence-corrected chi connectivity index (χ2v) is 24.1. The van der Waals surface area contributed by atoms with Gasteiger partial charge in [-0.2, -0.15) is 0 Å². The van der Waals surface area contributed by atoms with Crippen molar-refractivity contribution in [3.8, 4) is 0 Å². The molecule has 0 rings (SSSR count). The van der Waals surface area contributed by atoms with Crippen LogP contribution in [0, 0.1) is 0 Å². The van der Waals surface area contributed by atoms with Crippen molar-refractivity contribution in [1.82, 2.24) is 0 Å². The fourth-order valence-corrected chi connectivity index (χ4v) is 19.6. The maximum atomic E-state index is 6.49. The monoisotopic (exact) mass is 338 g/mol. The molecule has 0 aromatic heterocycles. The highest BCUT2D eigenvalue weighted by molar-refractivity contribution is 6.89. The van der Waals surface area contributed by atoms with Gasteiger partial charge in [0.2, 0.25) is 0 Å². The average Bonchev–Trinajstić information content (AvgIpc) is 2.11. The fraction of sp³-hybridized carbons (Fsp3) is 1.00. The van der Waals surface area contributed by atoms with E-state index in [1.807, 2.05) is 0 Å². The number of rotatable bonds is 8. The minimum Gasteiger partial charge on any atom is -0.437 e. The number of hydrogen-bond acceptors (Lipinski definition) is 3. The van der Waals surface area contributed by atoms with Crippen molar-refractivity contribution in [3.63, 3.8) is 0 Å². The van der Waals surface area contributed by atoms with Crippen molar-refractivity contribution in [1.29, 1.82) is 0 Å². The molecule has 0 aromatic rings. The van der Waals surface area contributed by atoms with E-state index in [1.165, 1.54) is 0 Å². The Morgan fingerprint density at radius 3 is 1.42 bits per heavy atom. The molecule has 3 nitrogen and oxygen atoms in total. The van der Waals surface area contributed by atoms with E-state index >= 15 is 0 Å². The molecule has 19 heavy (non-hydrogen) atoms. The topological polar surface area (TPSA) is 27.7 Å². The molecule has 1 atom stereocenters. The molecule has 0 bridgehead atoms. The summed E-state index contributed by atoms with van der Waals surface area (Å²) in [7, 11) is -7.32. The van der Waals surface area contributed by atoms with Crippen LogP contribution in [0.15, 0.2) is 0 Å². The van der Waals surface area contributed by atoms with Crippen LogP contribution in [0.1, 0.15) is 13.8 Å². The molecule has 0 spiro atoms. The lowest BCUT2D eigenvalue weighted by Gasteiger charge is -2.41. The molecule has 0 saturated carbocycles. The molecule has 0 aliphatic rings. The van der Waals surface area contributed by atoms with Crippen molar-refractivity contribution in [2.75, 3.05) is 0 Å². The van der Waals surface area contributed by atoms with E-state index < -0.39 is 33.8 Å². The minimum atomic E-state index is -2.10. The van der Waals surface area contributed by atoms with Gasteiger partial charge in [0, 0.05) is 0 Å². The van der Waals surface area contributed by atoms with Crippen LogP contribution in [0.25, 0.3) is 0 Å². The third kappa shape index (κ3) is 8.59. The van der Waals surface area contributed by atoms with E-state index in [-0.39, 0.29) is 0 Å². The van der Waals surface area contributed by atoms with Crippen LogP contribution in [-0.4, -0.2) is 33.8 Å². The maximum Gasteiger partial charge on any atom is 0.315 e. The van der Waals surface area contributed by atoms with Crippen LogP contribution in [0.5, 0.6) is 0 Å². The Kier molecular flexibility index (Phi) is 6.94. The molecule has 0 amide bonds. The van der Waals surface area contributed by atoms with Crippen LogP contribution < -0.4 is 0 Å². The van der Waals surface area contributed by atoms with Crippen LogP contribution >= 0.6 is 0 Å². The summed E-state index contributed by atoms with van der Waals surface area (Å²) < 4.78 is 19.3. The lowest BCUT2D eigenvalue weighted by molar-refractivity contribution is 0.324. The Bertz CT molecular complexity index is 289. The quantitative estimate of drug-likeness (QED) is 0.590. The molecule has 1 unspecified atom stereocenters. The molecule has 0 saturated heterocycles. The second-order valence-electron chi connectivity index (χ2n) is 7.42. The van der Waals surface area contributed by atoms with Gasteiger partial charge >= 0.3 is 17.1 Å². The Morgan fingerprint density at radius 2 is 1.11 bits per heavy atom. The zero-order chi connectivity index (χ0) is 15.5. The largest absolute Gasteiger partial charge is 0.437 e. The zero-order valence-corrected chi connectivity index (χ0v) is 18.6. The average molecular weight is 339 g/mol. The molecule has 0 N–H and O–H groups in total. The molecule has 0 aliphatic heterocycles. The van der Waals surface area contributed by atoms with Gasteiger partial charge in [-0.05, 0) is 64.5 Å². The summed E-state index contributed by atoms with van der Waals surface area (Å²) in [6.07, 6.45) is 0. The summed E-state index contributed by atoms with van der Waals surface area (Å²) in [6, 6.07) is 2.12. The van der Waals surface area contributed by atoms with Crippen LogP contribution in [0.2, 0.25) is 64.5 Å². The third-order valence-electron chi connectivity index (χ3n) is 3.00. The molecule has 116 valence electrons. The Labute approximate surface area is 124 Å². The highest BCUT2D eigenvalue weighted by atomic mass is 28.5. The van der Waals surface area contributed by atoms with E-state index in [2.05, 4.69) is 66.2 Å². The summed E-state index contributed by atoms with van der Waals surface area (Å²) in [6.45, 7) is 22.2. The van der Waals surface area contributed by atoms with Crippen molar-refractivity contribution in [2.45, 2.75) is 78.3 Å². The number of hydrogen-bond donors (Lipinski definition) is 0. The summed E-state index contributed by atoms with van der Waals surface area (Å²) >= 11 is 0. The molecular weight excluding hydrogens is 304 g/mol. The zero-order valence-electron chi connectivity index (χ0n) is 14.6. The van der Waals surface area contributed by atoms with Gasteiger partial charge in [-0.25, -0.2) is 0 Å². The molecule has 0 aromatic carbocycles. The lowest BCUT2D eigenvalue weighted by Crippen LogP contribution is -2.56. The predicted octanol–water partition coefficient (Wildman–Crippen LogP) is 4.89. The van der Waals surface area contributed by atoms with E-state index in [0.717, 1.165) is 12.1 Å². The maximum absolute atomic E-state index is 6.49. The van der Waals surface area contributed by atoms with Crippen molar-refractivity contribution < 1.29 is 12.3 Å². The summed E-state index contributed by atoms with van der Waals surface area (Å²) in [5.74, 6) is 0. The van der Waals surface area contributed by atoms with Crippen LogP contribution in [0.4, 0.5) is 0 Å². The first-order chi connectivity index (χ1) is 8.24. The Hall–Kier alpha value is 0.748. The van der Waals surface area contributed by atoms with Gasteiger partial charge < -0.3 is 12.3 Å². The smallest absolute Gasteiger partial charge is 0.315 e. The van der Waals surface area contributed by atoms with E-state index in [4.69, 9.17) is 12.3 Å². The summed E-state index contributed by atoms with van der Waals surface area (Å²) in [4.78, 5) is 0. The molecule has 0 heterocycles. The van der Waals surface area contributed by atoms with Crippen LogP contribution in [0.3, 0.4) is 0 Å². The Balaban J connectivity index is 4.85. The first-order valence-corrected chi connectivity index (χ1v) is 19.2. The van der Waals surface area contributed by atoms with Crippen LogP contribution in [-0.2, 0) is 12.3 Å². The third-order valence-corrected chi connectivity index (χ3v) is 18.0. The predicted molar refractivity (Wildman–Crippen MR) is 94.1 cm³/mol. The van der Waals surface area contributed by atoms with Gasteiger partial charge in [-0.1, -0.05) is 13.8 Å². The minimum absolute atomic E-state index is 0.991. The second kappa shape index (κ2) is 6.67. The van der Waals surface area contributed by atoms with Gasteiger partial charge in [-0.3, -0.25) is 0 Å².